The van der Waals surface area contributed by atoms with E-state index in [1.807, 2.05) is 12.1 Å². The van der Waals surface area contributed by atoms with E-state index in [0.29, 0.717) is 6.04 Å². The molecule has 1 saturated heterocycles. The van der Waals surface area contributed by atoms with Crippen LogP contribution in [0.15, 0.2) is 24.3 Å². The molecule has 1 aliphatic carbocycles. The molecule has 0 radical (unpaired) electrons. The first-order valence-corrected chi connectivity index (χ1v) is 11.3. The Morgan fingerprint density at radius 3 is 2.33 bits per heavy atom. The summed E-state index contributed by atoms with van der Waals surface area (Å²) in [5.74, 6) is 0. The topological polar surface area (TPSA) is 47.6 Å². The van der Waals surface area contributed by atoms with Crippen molar-refractivity contribution in [2.75, 3.05) is 39.3 Å². The minimum atomic E-state index is 0. The zero-order valence-corrected chi connectivity index (χ0v) is 20.2. The van der Waals surface area contributed by atoms with E-state index in [4.69, 9.17) is 11.6 Å². The van der Waals surface area contributed by atoms with Crippen molar-refractivity contribution in [2.45, 2.75) is 57.5 Å². The molecule has 2 fully saturated rings. The zero-order valence-electron chi connectivity index (χ0n) is 17.8. The monoisotopic (exact) mass is 478 g/mol. The molecule has 0 aromatic heterocycles. The van der Waals surface area contributed by atoms with E-state index in [2.05, 4.69) is 32.6 Å². The van der Waals surface area contributed by atoms with Crippen LogP contribution in [0.2, 0.25) is 5.02 Å². The molecule has 1 aromatic rings. The van der Waals surface area contributed by atoms with Gasteiger partial charge in [-0.15, -0.1) is 24.8 Å². The number of carbonyl (C=O) groups excluding carboxylic acids is 1. The Morgan fingerprint density at radius 1 is 0.933 bits per heavy atom. The molecular weight excluding hydrogens is 443 g/mol. The molecule has 0 bridgehead atoms. The predicted octanol–water partition coefficient (Wildman–Crippen LogP) is 4.71. The van der Waals surface area contributed by atoms with E-state index < -0.39 is 0 Å². The van der Waals surface area contributed by atoms with Crippen molar-refractivity contribution in [3.05, 3.63) is 34.9 Å². The van der Waals surface area contributed by atoms with Crippen molar-refractivity contribution in [1.82, 2.24) is 20.4 Å². The van der Waals surface area contributed by atoms with E-state index in [-0.39, 0.29) is 30.8 Å². The number of urea groups is 1. The maximum atomic E-state index is 12.0. The van der Waals surface area contributed by atoms with E-state index >= 15 is 0 Å². The highest BCUT2D eigenvalue weighted by Crippen LogP contribution is 2.17. The van der Waals surface area contributed by atoms with Gasteiger partial charge in [-0.2, -0.15) is 0 Å². The number of carbonyl (C=O) groups is 1. The molecule has 1 saturated carbocycles. The fourth-order valence-electron chi connectivity index (χ4n) is 4.24. The van der Waals surface area contributed by atoms with Crippen molar-refractivity contribution in [3.8, 4) is 0 Å². The molecule has 2 aliphatic rings. The van der Waals surface area contributed by atoms with Crippen LogP contribution in [0.3, 0.4) is 0 Å². The molecular formula is C22H37Cl3N4O. The summed E-state index contributed by atoms with van der Waals surface area (Å²) in [4.78, 5) is 17.1. The molecule has 2 N–H and O–H groups in total. The molecule has 5 nitrogen and oxygen atoms in total. The molecule has 172 valence electrons. The van der Waals surface area contributed by atoms with E-state index in [9.17, 15) is 4.79 Å². The number of hydrogen-bond acceptors (Lipinski definition) is 3. The first-order valence-electron chi connectivity index (χ1n) is 10.9. The van der Waals surface area contributed by atoms with E-state index in [1.54, 1.807) is 0 Å². The number of hydrogen-bond donors (Lipinski definition) is 2. The third-order valence-corrected chi connectivity index (χ3v) is 6.13. The van der Waals surface area contributed by atoms with Gasteiger partial charge in [-0.1, -0.05) is 43.0 Å². The maximum Gasteiger partial charge on any atom is 0.315 e. The van der Waals surface area contributed by atoms with Gasteiger partial charge in [0.05, 0.1) is 0 Å². The summed E-state index contributed by atoms with van der Waals surface area (Å²) < 4.78 is 0. The van der Waals surface area contributed by atoms with Gasteiger partial charge >= 0.3 is 6.03 Å². The van der Waals surface area contributed by atoms with Crippen LogP contribution in [-0.2, 0) is 6.54 Å². The molecule has 0 spiro atoms. The minimum absolute atomic E-state index is 0. The third kappa shape index (κ3) is 10.1. The van der Waals surface area contributed by atoms with Gasteiger partial charge in [0.25, 0.3) is 0 Å². The van der Waals surface area contributed by atoms with Gasteiger partial charge in [-0.3, -0.25) is 4.90 Å². The standard InChI is InChI=1S/C22H35ClN4O.2ClH/c23-20-10-8-19(9-11-20)18-27-15-5-14-26(16-17-27)13-4-12-24-22(28)25-21-6-2-1-3-7-21;;/h8-11,21H,1-7,12-18H2,(H2,24,25,28);2*1H. The van der Waals surface area contributed by atoms with Gasteiger partial charge in [-0.05, 0) is 63.0 Å². The summed E-state index contributed by atoms with van der Waals surface area (Å²) in [6.07, 6.45) is 8.27. The average Bonchev–Trinajstić information content (AvgIpc) is 2.93. The highest BCUT2D eigenvalue weighted by atomic mass is 35.5. The van der Waals surface area contributed by atoms with Crippen molar-refractivity contribution in [2.24, 2.45) is 0 Å². The fraction of sp³-hybridized carbons (Fsp3) is 0.682. The molecule has 2 amide bonds. The van der Waals surface area contributed by atoms with Gasteiger partial charge in [0.2, 0.25) is 0 Å². The number of rotatable bonds is 7. The van der Waals surface area contributed by atoms with E-state index in [1.165, 1.54) is 31.2 Å². The summed E-state index contributed by atoms with van der Waals surface area (Å²) in [5.41, 5.74) is 1.33. The van der Waals surface area contributed by atoms with Gasteiger partial charge in [0.1, 0.15) is 0 Å². The lowest BCUT2D eigenvalue weighted by Crippen LogP contribution is -2.43. The van der Waals surface area contributed by atoms with Crippen LogP contribution < -0.4 is 10.6 Å². The lowest BCUT2D eigenvalue weighted by atomic mass is 9.96. The molecule has 1 heterocycles. The summed E-state index contributed by atoms with van der Waals surface area (Å²) in [6.45, 7) is 7.28. The molecule has 30 heavy (non-hydrogen) atoms. The minimum Gasteiger partial charge on any atom is -0.338 e. The lowest BCUT2D eigenvalue weighted by Gasteiger charge is -2.23. The first-order chi connectivity index (χ1) is 13.7. The molecule has 1 aromatic carbocycles. The second kappa shape index (κ2) is 15.1. The predicted molar refractivity (Wildman–Crippen MR) is 130 cm³/mol. The van der Waals surface area contributed by atoms with Crippen molar-refractivity contribution in [1.29, 1.82) is 0 Å². The third-order valence-electron chi connectivity index (χ3n) is 5.88. The van der Waals surface area contributed by atoms with Gasteiger partial charge < -0.3 is 15.5 Å². The number of halogens is 3. The fourth-order valence-corrected chi connectivity index (χ4v) is 4.37. The van der Waals surface area contributed by atoms with Gasteiger partial charge in [0.15, 0.2) is 0 Å². The van der Waals surface area contributed by atoms with E-state index in [0.717, 1.165) is 70.1 Å². The zero-order chi connectivity index (χ0) is 19.6. The number of nitrogens with zero attached hydrogens (tertiary/aromatic N) is 2. The normalized spacial score (nSPS) is 18.6. The summed E-state index contributed by atoms with van der Waals surface area (Å²) in [7, 11) is 0. The van der Waals surface area contributed by atoms with Gasteiger partial charge in [0, 0.05) is 37.2 Å². The Labute approximate surface area is 199 Å². The molecule has 1 aliphatic heterocycles. The Balaban J connectivity index is 0.00000225. The van der Waals surface area contributed by atoms with Gasteiger partial charge in [-0.25, -0.2) is 4.79 Å². The SMILES string of the molecule is Cl.Cl.O=C(NCCCN1CCCN(Cc2ccc(Cl)cc2)CC1)NC1CCCCC1. The first kappa shape index (κ1) is 27.3. The Bertz CT molecular complexity index is 597. The molecule has 0 atom stereocenters. The van der Waals surface area contributed by atoms with Crippen LogP contribution in [-0.4, -0.2) is 61.1 Å². The summed E-state index contributed by atoms with van der Waals surface area (Å²) in [6, 6.07) is 8.57. The maximum absolute atomic E-state index is 12.0. The second-order valence-electron chi connectivity index (χ2n) is 8.19. The van der Waals surface area contributed by atoms with Crippen molar-refractivity contribution >= 4 is 42.4 Å². The summed E-state index contributed by atoms with van der Waals surface area (Å²) >= 11 is 5.98. The lowest BCUT2D eigenvalue weighted by molar-refractivity contribution is 0.229. The second-order valence-corrected chi connectivity index (χ2v) is 8.62. The Kier molecular flexibility index (Phi) is 13.8. The smallest absolute Gasteiger partial charge is 0.315 e. The average molecular weight is 480 g/mol. The number of nitrogens with one attached hydrogen (secondary N) is 2. The Morgan fingerprint density at radius 2 is 1.60 bits per heavy atom. The highest BCUT2D eigenvalue weighted by molar-refractivity contribution is 6.30. The van der Waals surface area contributed by atoms with Crippen molar-refractivity contribution in [3.63, 3.8) is 0 Å². The molecule has 8 heteroatoms. The highest BCUT2D eigenvalue weighted by Gasteiger charge is 2.16. The van der Waals surface area contributed by atoms with Crippen LogP contribution in [0.5, 0.6) is 0 Å². The van der Waals surface area contributed by atoms with Crippen LogP contribution in [0.1, 0.15) is 50.5 Å². The largest absolute Gasteiger partial charge is 0.338 e. The van der Waals surface area contributed by atoms with Crippen LogP contribution >= 0.6 is 36.4 Å². The summed E-state index contributed by atoms with van der Waals surface area (Å²) in [5, 5.41) is 6.95. The van der Waals surface area contributed by atoms with Crippen molar-refractivity contribution < 1.29 is 4.79 Å². The molecule has 0 unspecified atom stereocenters. The quantitative estimate of drug-likeness (QED) is 0.557. The molecule has 3 rings (SSSR count). The number of amides is 2. The van der Waals surface area contributed by atoms with Crippen LogP contribution in [0.4, 0.5) is 4.79 Å². The van der Waals surface area contributed by atoms with Crippen LogP contribution in [0.25, 0.3) is 0 Å². The van der Waals surface area contributed by atoms with Crippen LogP contribution in [0, 0.1) is 0 Å². The Hall–Kier alpha value is -0.720. The number of benzene rings is 1.